The Balaban J connectivity index is 1.39. The highest BCUT2D eigenvalue weighted by Crippen LogP contribution is 2.35. The highest BCUT2D eigenvalue weighted by molar-refractivity contribution is 5.81. The third-order valence-corrected chi connectivity index (χ3v) is 6.96. The lowest BCUT2D eigenvalue weighted by atomic mass is 9.88. The van der Waals surface area contributed by atoms with Gasteiger partial charge in [0.15, 0.2) is 5.52 Å². The van der Waals surface area contributed by atoms with Crippen molar-refractivity contribution in [3.8, 4) is 28.4 Å². The van der Waals surface area contributed by atoms with Crippen molar-refractivity contribution in [3.05, 3.63) is 70.3 Å². The van der Waals surface area contributed by atoms with Gasteiger partial charge in [0.2, 0.25) is 5.82 Å². The largest absolute Gasteiger partial charge is 0.478 e. The zero-order chi connectivity index (χ0) is 24.5. The first kappa shape index (κ1) is 22.1. The van der Waals surface area contributed by atoms with Gasteiger partial charge in [-0.3, -0.25) is 4.79 Å². The van der Waals surface area contributed by atoms with Crippen molar-refractivity contribution in [1.29, 1.82) is 0 Å². The smallest absolute Gasteiger partial charge is 0.290 e. The summed E-state index contributed by atoms with van der Waals surface area (Å²) in [6.45, 7) is 0.533. The molecule has 0 spiro atoms. The lowest BCUT2D eigenvalue weighted by Gasteiger charge is -2.22. The molecule has 1 aliphatic rings. The first-order valence-electron chi connectivity index (χ1n) is 12.2. The summed E-state index contributed by atoms with van der Waals surface area (Å²) in [6, 6.07) is 16.3. The van der Waals surface area contributed by atoms with Crippen molar-refractivity contribution >= 4 is 11.0 Å². The highest BCUT2D eigenvalue weighted by Gasteiger charge is 2.26. The average molecular weight is 483 g/mol. The van der Waals surface area contributed by atoms with Crippen molar-refractivity contribution in [2.75, 3.05) is 7.11 Å². The Labute approximate surface area is 206 Å². The molecule has 5 aromatic rings. The third-order valence-electron chi connectivity index (χ3n) is 6.96. The maximum atomic E-state index is 12.9. The molecular weight excluding hydrogens is 456 g/mol. The van der Waals surface area contributed by atoms with Crippen molar-refractivity contribution in [2.45, 2.75) is 44.6 Å². The van der Waals surface area contributed by atoms with E-state index in [1.54, 1.807) is 7.11 Å². The first-order valence-corrected chi connectivity index (χ1v) is 12.2. The summed E-state index contributed by atoms with van der Waals surface area (Å²) in [5.74, 6) is 2.15. The van der Waals surface area contributed by atoms with Gasteiger partial charge < -0.3 is 9.30 Å². The van der Waals surface area contributed by atoms with Crippen LogP contribution in [0.25, 0.3) is 33.5 Å². The molecule has 1 saturated carbocycles. The zero-order valence-electron chi connectivity index (χ0n) is 19.9. The Morgan fingerprint density at radius 2 is 1.78 bits per heavy atom. The average Bonchev–Trinajstić information content (AvgIpc) is 3.60. The summed E-state index contributed by atoms with van der Waals surface area (Å²) >= 11 is 0. The van der Waals surface area contributed by atoms with Gasteiger partial charge >= 0.3 is 0 Å². The van der Waals surface area contributed by atoms with Crippen molar-refractivity contribution in [1.82, 2.24) is 40.4 Å². The molecule has 182 valence electrons. The number of H-pyrrole nitrogens is 2. The van der Waals surface area contributed by atoms with Crippen LogP contribution in [-0.4, -0.2) is 47.5 Å². The van der Waals surface area contributed by atoms with Crippen LogP contribution < -0.4 is 10.3 Å². The minimum Gasteiger partial charge on any atom is -0.478 e. The number of nitrogens with zero attached hydrogens (tertiary/aromatic N) is 6. The molecule has 1 fully saturated rings. The molecule has 0 radical (unpaired) electrons. The summed E-state index contributed by atoms with van der Waals surface area (Å²) in [6.07, 6.45) is 5.74. The molecule has 0 bridgehead atoms. The SMILES string of the molecule is COc1n[nH]c(=O)c2c1nc(C1CCCCC1)n2Cc1ccc(-c2ccccc2-c2nn[nH]n2)cc1. The minimum absolute atomic E-state index is 0.258. The Hall–Kier alpha value is -4.34. The summed E-state index contributed by atoms with van der Waals surface area (Å²) in [4.78, 5) is 17.8. The number of tetrazole rings is 1. The number of hydrogen-bond acceptors (Lipinski definition) is 7. The number of nitrogens with one attached hydrogen (secondary N) is 2. The number of methoxy groups -OCH3 is 1. The van der Waals surface area contributed by atoms with Crippen LogP contribution in [0, 0.1) is 0 Å². The Morgan fingerprint density at radius 3 is 2.50 bits per heavy atom. The molecule has 36 heavy (non-hydrogen) atoms. The van der Waals surface area contributed by atoms with Gasteiger partial charge in [0, 0.05) is 18.0 Å². The second-order valence-corrected chi connectivity index (χ2v) is 9.13. The molecule has 3 aromatic heterocycles. The minimum atomic E-state index is -0.258. The molecule has 0 saturated heterocycles. The zero-order valence-corrected chi connectivity index (χ0v) is 19.9. The van der Waals surface area contributed by atoms with E-state index in [1.807, 2.05) is 24.3 Å². The molecule has 3 heterocycles. The van der Waals surface area contributed by atoms with Crippen LogP contribution in [0.4, 0.5) is 0 Å². The van der Waals surface area contributed by atoms with Gasteiger partial charge in [-0.05, 0) is 34.7 Å². The van der Waals surface area contributed by atoms with E-state index in [-0.39, 0.29) is 5.56 Å². The van der Waals surface area contributed by atoms with Gasteiger partial charge in [0.05, 0.1) is 7.11 Å². The fourth-order valence-electron chi connectivity index (χ4n) is 5.21. The molecule has 1 aliphatic carbocycles. The number of benzene rings is 2. The van der Waals surface area contributed by atoms with Gasteiger partial charge in [-0.15, -0.1) is 15.3 Å². The van der Waals surface area contributed by atoms with Gasteiger partial charge in [0.25, 0.3) is 11.4 Å². The quantitative estimate of drug-likeness (QED) is 0.373. The molecule has 2 aromatic carbocycles. The monoisotopic (exact) mass is 482 g/mol. The van der Waals surface area contributed by atoms with Crippen molar-refractivity contribution < 1.29 is 4.74 Å². The number of aromatic amines is 2. The topological polar surface area (TPSA) is 127 Å². The maximum absolute atomic E-state index is 12.9. The molecule has 6 rings (SSSR count). The van der Waals surface area contributed by atoms with Gasteiger partial charge in [-0.25, -0.2) is 10.1 Å². The highest BCUT2D eigenvalue weighted by atomic mass is 16.5. The molecule has 0 unspecified atom stereocenters. The van der Waals surface area contributed by atoms with Gasteiger partial charge in [-0.2, -0.15) is 5.21 Å². The predicted octanol–water partition coefficient (Wildman–Crippen LogP) is 4.07. The molecule has 2 N–H and O–H groups in total. The number of rotatable bonds is 6. The van der Waals surface area contributed by atoms with E-state index in [2.05, 4.69) is 59.7 Å². The molecule has 0 amide bonds. The van der Waals surface area contributed by atoms with Crippen LogP contribution in [0.5, 0.6) is 5.88 Å². The Bertz CT molecular complexity index is 1550. The molecule has 10 nitrogen and oxygen atoms in total. The van der Waals surface area contributed by atoms with Crippen LogP contribution in [0.2, 0.25) is 0 Å². The number of hydrogen-bond donors (Lipinski definition) is 2. The predicted molar refractivity (Wildman–Crippen MR) is 135 cm³/mol. The standard InChI is InChI=1S/C26H26N8O2/c1-36-26-21-22(25(35)30-31-26)34(24(27-21)18-7-3-2-4-8-18)15-16-11-13-17(14-12-16)19-9-5-6-10-20(19)23-28-32-33-29-23/h5-6,9-14,18H,2-4,7-8,15H2,1H3,(H,30,35)(H,28,29,32,33). The fraction of sp³-hybridized carbons (Fsp3) is 0.308. The molecule has 0 aliphatic heterocycles. The number of aromatic nitrogens is 8. The summed E-state index contributed by atoms with van der Waals surface area (Å²) < 4.78 is 7.47. The Kier molecular flexibility index (Phi) is 5.76. The second kappa shape index (κ2) is 9.37. The van der Waals surface area contributed by atoms with Crippen molar-refractivity contribution in [2.24, 2.45) is 0 Å². The second-order valence-electron chi connectivity index (χ2n) is 9.13. The maximum Gasteiger partial charge on any atom is 0.290 e. The van der Waals surface area contributed by atoms with E-state index in [0.717, 1.165) is 40.9 Å². The van der Waals surface area contributed by atoms with Crippen LogP contribution in [-0.2, 0) is 6.54 Å². The number of fused-ring (bicyclic) bond motifs is 1. The van der Waals surface area contributed by atoms with Crippen LogP contribution in [0.1, 0.15) is 49.4 Å². The molecule has 10 heteroatoms. The number of imidazole rings is 1. The van der Waals surface area contributed by atoms with Crippen molar-refractivity contribution in [3.63, 3.8) is 0 Å². The van der Waals surface area contributed by atoms with E-state index < -0.39 is 0 Å². The van der Waals surface area contributed by atoms with Crippen LogP contribution >= 0.6 is 0 Å². The van der Waals surface area contributed by atoms with E-state index >= 15 is 0 Å². The van der Waals surface area contributed by atoms with E-state index in [4.69, 9.17) is 9.72 Å². The van der Waals surface area contributed by atoms with Crippen LogP contribution in [0.15, 0.2) is 53.3 Å². The van der Waals surface area contributed by atoms with E-state index in [1.165, 1.54) is 19.3 Å². The summed E-state index contributed by atoms with van der Waals surface area (Å²) in [7, 11) is 1.55. The lowest BCUT2D eigenvalue weighted by molar-refractivity contribution is 0.396. The number of ether oxygens (including phenoxy) is 1. The summed E-state index contributed by atoms with van der Waals surface area (Å²) in [5.41, 5.74) is 4.82. The van der Waals surface area contributed by atoms with E-state index in [0.29, 0.717) is 35.2 Å². The molecule has 0 atom stereocenters. The van der Waals surface area contributed by atoms with E-state index in [9.17, 15) is 4.79 Å². The van der Waals surface area contributed by atoms with Crippen LogP contribution in [0.3, 0.4) is 0 Å². The third kappa shape index (κ3) is 3.94. The fourth-order valence-corrected chi connectivity index (χ4v) is 5.21. The summed E-state index contributed by atoms with van der Waals surface area (Å²) in [5, 5.41) is 21.1. The van der Waals surface area contributed by atoms with Gasteiger partial charge in [0.1, 0.15) is 11.3 Å². The van der Waals surface area contributed by atoms with Gasteiger partial charge in [-0.1, -0.05) is 67.8 Å². The normalized spacial score (nSPS) is 14.4. The first-order chi connectivity index (χ1) is 17.7. The lowest BCUT2D eigenvalue weighted by Crippen LogP contribution is -2.17. The molecular formula is C26H26N8O2. The Morgan fingerprint density at radius 1 is 1.00 bits per heavy atom.